The topological polar surface area (TPSA) is 40.6 Å². The molecule has 2 aromatic carbocycles. The molecule has 2 aromatic rings. The summed E-state index contributed by atoms with van der Waals surface area (Å²) < 4.78 is 13.1. The van der Waals surface area contributed by atoms with Crippen molar-refractivity contribution >= 4 is 23.0 Å². The van der Waals surface area contributed by atoms with Crippen molar-refractivity contribution in [1.29, 1.82) is 0 Å². The lowest BCUT2D eigenvalue weighted by molar-refractivity contribution is -0.116. The first-order chi connectivity index (χ1) is 14.0. The van der Waals surface area contributed by atoms with Gasteiger partial charge in [0.1, 0.15) is 5.82 Å². The first kappa shape index (κ1) is 19.5. The summed E-state index contributed by atoms with van der Waals surface area (Å²) in [6, 6.07) is 12.3. The van der Waals surface area contributed by atoms with Crippen LogP contribution in [0.3, 0.4) is 0 Å². The molecule has 5 heteroatoms. The summed E-state index contributed by atoms with van der Waals surface area (Å²) in [5, 5.41) is 0. The standard InChI is InChI=1S/C24H25FN2O2/c1-17(28)27-12-2-3-20-15-21(6-9-23(20)27)24(29)16-26-13-10-19(11-14-26)18-4-7-22(25)8-5-18/h4-10,15H,2-3,11-14,16H2,1H3. The average Bonchev–Trinajstić information content (AvgIpc) is 2.74. The van der Waals surface area contributed by atoms with Crippen molar-refractivity contribution < 1.29 is 14.0 Å². The van der Waals surface area contributed by atoms with Gasteiger partial charge in [-0.05, 0) is 66.3 Å². The van der Waals surface area contributed by atoms with Crippen LogP contribution in [0.5, 0.6) is 0 Å². The van der Waals surface area contributed by atoms with Gasteiger partial charge in [-0.25, -0.2) is 4.39 Å². The Balaban J connectivity index is 1.41. The van der Waals surface area contributed by atoms with Gasteiger partial charge in [0.15, 0.2) is 5.78 Å². The molecule has 4 rings (SSSR count). The highest BCUT2D eigenvalue weighted by Crippen LogP contribution is 2.29. The number of aryl methyl sites for hydroxylation is 1. The van der Waals surface area contributed by atoms with Crippen LogP contribution in [0.15, 0.2) is 48.5 Å². The Morgan fingerprint density at radius 1 is 1.03 bits per heavy atom. The first-order valence-corrected chi connectivity index (χ1v) is 10.1. The fourth-order valence-corrected chi connectivity index (χ4v) is 4.17. The van der Waals surface area contributed by atoms with Gasteiger partial charge in [-0.15, -0.1) is 0 Å². The zero-order chi connectivity index (χ0) is 20.4. The maximum Gasteiger partial charge on any atom is 0.223 e. The second-order valence-corrected chi connectivity index (χ2v) is 7.76. The van der Waals surface area contributed by atoms with Crippen molar-refractivity contribution in [2.75, 3.05) is 31.1 Å². The van der Waals surface area contributed by atoms with Gasteiger partial charge in [0.25, 0.3) is 0 Å². The van der Waals surface area contributed by atoms with Gasteiger partial charge in [-0.2, -0.15) is 0 Å². The summed E-state index contributed by atoms with van der Waals surface area (Å²) >= 11 is 0. The number of ketones is 1. The smallest absolute Gasteiger partial charge is 0.223 e. The van der Waals surface area contributed by atoms with E-state index in [1.165, 1.54) is 17.7 Å². The third kappa shape index (κ3) is 4.30. The number of hydrogen-bond donors (Lipinski definition) is 0. The minimum Gasteiger partial charge on any atom is -0.312 e. The zero-order valence-corrected chi connectivity index (χ0v) is 16.7. The lowest BCUT2D eigenvalue weighted by Crippen LogP contribution is -2.34. The van der Waals surface area contributed by atoms with Crippen LogP contribution in [0.1, 0.15) is 41.3 Å². The number of amides is 1. The van der Waals surface area contributed by atoms with Crippen molar-refractivity contribution in [3.8, 4) is 0 Å². The number of halogens is 1. The van der Waals surface area contributed by atoms with Gasteiger partial charge in [0.05, 0.1) is 6.54 Å². The van der Waals surface area contributed by atoms with Gasteiger partial charge in [0, 0.05) is 37.8 Å². The highest BCUT2D eigenvalue weighted by molar-refractivity contribution is 5.99. The summed E-state index contributed by atoms with van der Waals surface area (Å²) in [7, 11) is 0. The fraction of sp³-hybridized carbons (Fsp3) is 0.333. The fourth-order valence-electron chi connectivity index (χ4n) is 4.17. The second-order valence-electron chi connectivity index (χ2n) is 7.76. The number of rotatable bonds is 4. The predicted octanol–water partition coefficient (Wildman–Crippen LogP) is 4.10. The number of carbonyl (C=O) groups excluding carboxylic acids is 2. The molecule has 0 unspecified atom stereocenters. The predicted molar refractivity (Wildman–Crippen MR) is 113 cm³/mol. The van der Waals surface area contributed by atoms with Crippen LogP contribution in [0.4, 0.5) is 10.1 Å². The summed E-state index contributed by atoms with van der Waals surface area (Å²) in [6.07, 6.45) is 4.79. The minimum atomic E-state index is -0.228. The molecule has 150 valence electrons. The molecule has 2 heterocycles. The van der Waals surface area contributed by atoms with Gasteiger partial charge >= 0.3 is 0 Å². The molecule has 0 fully saturated rings. The third-order valence-corrected chi connectivity index (χ3v) is 5.78. The maximum atomic E-state index is 13.1. The highest BCUT2D eigenvalue weighted by Gasteiger charge is 2.22. The van der Waals surface area contributed by atoms with Crippen molar-refractivity contribution in [3.05, 3.63) is 71.0 Å². The molecule has 0 bridgehead atoms. The van der Waals surface area contributed by atoms with Crippen LogP contribution in [-0.2, 0) is 11.2 Å². The van der Waals surface area contributed by atoms with Crippen LogP contribution in [0, 0.1) is 5.82 Å². The van der Waals surface area contributed by atoms with Gasteiger partial charge in [0.2, 0.25) is 5.91 Å². The number of anilines is 1. The number of fused-ring (bicyclic) bond motifs is 1. The van der Waals surface area contributed by atoms with E-state index < -0.39 is 0 Å². The minimum absolute atomic E-state index is 0.0436. The molecule has 0 saturated carbocycles. The van der Waals surface area contributed by atoms with E-state index in [9.17, 15) is 14.0 Å². The summed E-state index contributed by atoms with van der Waals surface area (Å²) in [5.41, 5.74) is 4.97. The Morgan fingerprint density at radius 3 is 2.52 bits per heavy atom. The lowest BCUT2D eigenvalue weighted by Gasteiger charge is -2.29. The molecule has 0 aliphatic carbocycles. The average molecular weight is 392 g/mol. The van der Waals surface area contributed by atoms with E-state index in [0.29, 0.717) is 18.7 Å². The maximum absolute atomic E-state index is 13.1. The molecule has 1 amide bonds. The van der Waals surface area contributed by atoms with Gasteiger partial charge < -0.3 is 4.90 Å². The molecule has 0 spiro atoms. The van der Waals surface area contributed by atoms with Crippen LogP contribution in [-0.4, -0.2) is 42.8 Å². The number of Topliss-reactive ketones (excluding diaryl/α,β-unsaturated/α-hetero) is 1. The zero-order valence-electron chi connectivity index (χ0n) is 16.7. The number of carbonyl (C=O) groups is 2. The normalized spacial score (nSPS) is 16.9. The van der Waals surface area contributed by atoms with Crippen LogP contribution < -0.4 is 4.90 Å². The Labute approximate surface area is 170 Å². The Hall–Kier alpha value is -2.79. The van der Waals surface area contributed by atoms with Gasteiger partial charge in [-0.1, -0.05) is 18.2 Å². The number of hydrogen-bond acceptors (Lipinski definition) is 3. The van der Waals surface area contributed by atoms with E-state index >= 15 is 0 Å². The van der Waals surface area contributed by atoms with Crippen molar-refractivity contribution in [3.63, 3.8) is 0 Å². The van der Waals surface area contributed by atoms with Crippen LogP contribution in [0.2, 0.25) is 0 Å². The molecular weight excluding hydrogens is 367 g/mol. The third-order valence-electron chi connectivity index (χ3n) is 5.78. The van der Waals surface area contributed by atoms with E-state index in [-0.39, 0.29) is 17.5 Å². The Bertz CT molecular complexity index is 965. The van der Waals surface area contributed by atoms with E-state index in [1.54, 1.807) is 24.0 Å². The summed E-state index contributed by atoms with van der Waals surface area (Å²) in [4.78, 5) is 28.6. The van der Waals surface area contributed by atoms with Crippen molar-refractivity contribution in [2.24, 2.45) is 0 Å². The molecule has 4 nitrogen and oxygen atoms in total. The quantitative estimate of drug-likeness (QED) is 0.736. The molecule has 2 aliphatic rings. The molecule has 0 aromatic heterocycles. The second kappa shape index (κ2) is 8.29. The largest absolute Gasteiger partial charge is 0.312 e. The number of nitrogens with zero attached hydrogens (tertiary/aromatic N) is 2. The molecule has 0 N–H and O–H groups in total. The molecule has 0 saturated heterocycles. The Morgan fingerprint density at radius 2 is 1.83 bits per heavy atom. The SMILES string of the molecule is CC(=O)N1CCCc2cc(C(=O)CN3CC=C(c4ccc(F)cc4)CC3)ccc21. The highest BCUT2D eigenvalue weighted by atomic mass is 19.1. The van der Waals surface area contributed by atoms with E-state index in [0.717, 1.165) is 49.2 Å². The molecular formula is C24H25FN2O2. The van der Waals surface area contributed by atoms with E-state index in [4.69, 9.17) is 0 Å². The van der Waals surface area contributed by atoms with Crippen LogP contribution in [0.25, 0.3) is 5.57 Å². The Kier molecular flexibility index (Phi) is 5.58. The first-order valence-electron chi connectivity index (χ1n) is 10.1. The molecule has 0 atom stereocenters. The molecule has 29 heavy (non-hydrogen) atoms. The van der Waals surface area contributed by atoms with Crippen molar-refractivity contribution in [2.45, 2.75) is 26.2 Å². The molecule has 0 radical (unpaired) electrons. The summed E-state index contributed by atoms with van der Waals surface area (Å²) in [6.45, 7) is 4.21. The monoisotopic (exact) mass is 392 g/mol. The van der Waals surface area contributed by atoms with E-state index in [2.05, 4.69) is 11.0 Å². The van der Waals surface area contributed by atoms with Crippen LogP contribution >= 0.6 is 0 Å². The van der Waals surface area contributed by atoms with Crippen molar-refractivity contribution in [1.82, 2.24) is 4.90 Å². The summed E-state index contributed by atoms with van der Waals surface area (Å²) in [5.74, 6) is -0.0812. The van der Waals surface area contributed by atoms with E-state index in [1.807, 2.05) is 18.2 Å². The lowest BCUT2D eigenvalue weighted by atomic mass is 9.96. The number of benzene rings is 2. The molecule has 2 aliphatic heterocycles. The van der Waals surface area contributed by atoms with Gasteiger partial charge in [-0.3, -0.25) is 14.5 Å².